The Balaban J connectivity index is 1.48. The van der Waals surface area contributed by atoms with Crippen molar-refractivity contribution >= 4 is 45.7 Å². The van der Waals surface area contributed by atoms with Gasteiger partial charge in [-0.1, -0.05) is 59.6 Å². The SMILES string of the molecule is O=C(NCCCC(c1cc(Cl)c(O)cc1O)c1cc(Cl)c(O)cc1O)Nc1cccc2ccccc12. The van der Waals surface area contributed by atoms with Crippen molar-refractivity contribution in [3.8, 4) is 23.0 Å². The summed E-state index contributed by atoms with van der Waals surface area (Å²) in [6, 6.07) is 18.1. The number of nitrogens with one attached hydrogen (secondary N) is 2. The fraction of sp³-hybridized carbons (Fsp3) is 0.148. The quantitative estimate of drug-likeness (QED) is 0.149. The predicted octanol–water partition coefficient (Wildman–Crippen LogP) is 6.70. The number of benzene rings is 4. The van der Waals surface area contributed by atoms with Crippen LogP contribution in [0.3, 0.4) is 0 Å². The Kier molecular flexibility index (Phi) is 7.62. The average Bonchev–Trinajstić information content (AvgIpc) is 2.85. The van der Waals surface area contributed by atoms with E-state index in [1.807, 2.05) is 42.5 Å². The third-order valence-electron chi connectivity index (χ3n) is 5.94. The number of phenolic OH excluding ortho intramolecular Hbond substituents is 4. The maximum Gasteiger partial charge on any atom is 0.319 e. The highest BCUT2D eigenvalue weighted by Gasteiger charge is 2.24. The van der Waals surface area contributed by atoms with Crippen LogP contribution in [-0.4, -0.2) is 33.0 Å². The van der Waals surface area contributed by atoms with E-state index in [0.717, 1.165) is 22.9 Å². The third-order valence-corrected chi connectivity index (χ3v) is 6.54. The number of carbonyl (C=O) groups is 1. The zero-order valence-electron chi connectivity index (χ0n) is 19.0. The molecule has 186 valence electrons. The largest absolute Gasteiger partial charge is 0.508 e. The zero-order chi connectivity index (χ0) is 25.8. The predicted molar refractivity (Wildman–Crippen MR) is 142 cm³/mol. The van der Waals surface area contributed by atoms with Gasteiger partial charge in [0, 0.05) is 41.1 Å². The molecule has 0 bridgehead atoms. The molecule has 0 aliphatic heterocycles. The minimum absolute atomic E-state index is 0.0322. The van der Waals surface area contributed by atoms with Crippen LogP contribution >= 0.6 is 23.2 Å². The van der Waals surface area contributed by atoms with Gasteiger partial charge in [0.2, 0.25) is 0 Å². The van der Waals surface area contributed by atoms with Crippen LogP contribution < -0.4 is 10.6 Å². The van der Waals surface area contributed by atoms with Crippen LogP contribution in [0.25, 0.3) is 10.8 Å². The molecule has 7 nitrogen and oxygen atoms in total. The second kappa shape index (κ2) is 10.8. The number of fused-ring (bicyclic) bond motifs is 1. The Morgan fingerprint density at radius 1 is 0.778 bits per heavy atom. The second-order valence-corrected chi connectivity index (χ2v) is 9.14. The Morgan fingerprint density at radius 3 is 2.00 bits per heavy atom. The van der Waals surface area contributed by atoms with Crippen molar-refractivity contribution in [1.29, 1.82) is 0 Å². The van der Waals surface area contributed by atoms with Gasteiger partial charge in [0.1, 0.15) is 23.0 Å². The summed E-state index contributed by atoms with van der Waals surface area (Å²) in [6.07, 6.45) is 0.835. The molecule has 0 aromatic heterocycles. The molecule has 4 aromatic rings. The van der Waals surface area contributed by atoms with Crippen molar-refractivity contribution < 1.29 is 25.2 Å². The standard InChI is InChI=1S/C27H24Cl2N2O5/c28-20-11-18(23(32)13-25(20)34)17(19-12-21(29)26(35)14-24(19)33)8-4-10-30-27(36)31-22-9-3-6-15-5-1-2-7-16(15)22/h1-3,5-7,9,11-14,17,32-35H,4,8,10H2,(H2,30,31,36). The van der Waals surface area contributed by atoms with Gasteiger partial charge in [0.15, 0.2) is 0 Å². The van der Waals surface area contributed by atoms with E-state index in [9.17, 15) is 25.2 Å². The number of aromatic hydroxyl groups is 4. The molecule has 0 aliphatic carbocycles. The first kappa shape index (κ1) is 25.3. The first-order valence-electron chi connectivity index (χ1n) is 11.2. The monoisotopic (exact) mass is 526 g/mol. The molecule has 36 heavy (non-hydrogen) atoms. The Bertz CT molecular complexity index is 1360. The summed E-state index contributed by atoms with van der Waals surface area (Å²) in [4.78, 5) is 12.5. The van der Waals surface area contributed by atoms with E-state index in [4.69, 9.17) is 23.2 Å². The molecule has 0 aliphatic rings. The lowest BCUT2D eigenvalue weighted by molar-refractivity contribution is 0.252. The molecule has 0 radical (unpaired) electrons. The topological polar surface area (TPSA) is 122 Å². The van der Waals surface area contributed by atoms with Crippen LogP contribution in [-0.2, 0) is 0 Å². The van der Waals surface area contributed by atoms with E-state index in [0.29, 0.717) is 36.2 Å². The van der Waals surface area contributed by atoms with Gasteiger partial charge < -0.3 is 31.1 Å². The second-order valence-electron chi connectivity index (χ2n) is 8.33. The molecule has 0 unspecified atom stereocenters. The van der Waals surface area contributed by atoms with Crippen LogP contribution in [0.4, 0.5) is 10.5 Å². The summed E-state index contributed by atoms with van der Waals surface area (Å²) < 4.78 is 0. The Labute approximate surface area is 217 Å². The van der Waals surface area contributed by atoms with Crippen molar-refractivity contribution in [3.63, 3.8) is 0 Å². The number of carbonyl (C=O) groups excluding carboxylic acids is 1. The van der Waals surface area contributed by atoms with Gasteiger partial charge >= 0.3 is 6.03 Å². The summed E-state index contributed by atoms with van der Waals surface area (Å²) >= 11 is 12.2. The molecule has 0 saturated carbocycles. The lowest BCUT2D eigenvalue weighted by atomic mass is 9.86. The first-order chi connectivity index (χ1) is 17.2. The number of anilines is 1. The highest BCUT2D eigenvalue weighted by molar-refractivity contribution is 6.32. The molecular formula is C27H24Cl2N2O5. The molecule has 4 rings (SSSR count). The first-order valence-corrected chi connectivity index (χ1v) is 12.0. The fourth-order valence-corrected chi connectivity index (χ4v) is 4.52. The lowest BCUT2D eigenvalue weighted by Crippen LogP contribution is -2.29. The normalized spacial score (nSPS) is 11.1. The minimum atomic E-state index is -0.593. The average molecular weight is 527 g/mol. The van der Waals surface area contributed by atoms with E-state index < -0.39 is 5.92 Å². The molecular weight excluding hydrogens is 503 g/mol. The van der Waals surface area contributed by atoms with E-state index in [1.54, 1.807) is 0 Å². The number of urea groups is 1. The summed E-state index contributed by atoms with van der Waals surface area (Å²) in [5, 5.41) is 48.3. The maximum absolute atomic E-state index is 12.5. The molecule has 9 heteroatoms. The molecule has 0 fully saturated rings. The summed E-state index contributed by atoms with van der Waals surface area (Å²) in [5.74, 6) is -1.59. The summed E-state index contributed by atoms with van der Waals surface area (Å²) in [5.41, 5.74) is 1.40. The Morgan fingerprint density at radius 2 is 1.36 bits per heavy atom. The maximum atomic E-state index is 12.5. The Hall–Kier alpha value is -3.81. The van der Waals surface area contributed by atoms with Gasteiger partial charge in [-0.15, -0.1) is 0 Å². The molecule has 6 N–H and O–H groups in total. The highest BCUT2D eigenvalue weighted by atomic mass is 35.5. The van der Waals surface area contributed by atoms with Crippen LogP contribution in [0.2, 0.25) is 10.0 Å². The van der Waals surface area contributed by atoms with Crippen LogP contribution in [0.15, 0.2) is 66.7 Å². The van der Waals surface area contributed by atoms with Gasteiger partial charge in [0.25, 0.3) is 0 Å². The van der Waals surface area contributed by atoms with Crippen molar-refractivity contribution in [1.82, 2.24) is 5.32 Å². The molecule has 0 heterocycles. The molecule has 0 spiro atoms. The van der Waals surface area contributed by atoms with E-state index >= 15 is 0 Å². The van der Waals surface area contributed by atoms with E-state index in [2.05, 4.69) is 10.6 Å². The van der Waals surface area contributed by atoms with Crippen molar-refractivity contribution in [3.05, 3.63) is 87.9 Å². The van der Waals surface area contributed by atoms with Gasteiger partial charge in [-0.05, 0) is 36.4 Å². The fourth-order valence-electron chi connectivity index (χ4n) is 4.18. The smallest absolute Gasteiger partial charge is 0.319 e. The van der Waals surface area contributed by atoms with Crippen molar-refractivity contribution in [2.45, 2.75) is 18.8 Å². The summed E-state index contributed by atoms with van der Waals surface area (Å²) in [6.45, 7) is 0.298. The number of hydrogen-bond acceptors (Lipinski definition) is 5. The summed E-state index contributed by atoms with van der Waals surface area (Å²) in [7, 11) is 0. The zero-order valence-corrected chi connectivity index (χ0v) is 20.5. The van der Waals surface area contributed by atoms with Crippen LogP contribution in [0.1, 0.15) is 29.9 Å². The highest BCUT2D eigenvalue weighted by Crippen LogP contribution is 2.44. The van der Waals surface area contributed by atoms with Gasteiger partial charge in [-0.2, -0.15) is 0 Å². The number of halogens is 2. The van der Waals surface area contributed by atoms with Crippen molar-refractivity contribution in [2.24, 2.45) is 0 Å². The van der Waals surface area contributed by atoms with Gasteiger partial charge in [-0.25, -0.2) is 4.79 Å². The number of rotatable bonds is 7. The van der Waals surface area contributed by atoms with E-state index in [1.165, 1.54) is 12.1 Å². The van der Waals surface area contributed by atoms with Crippen molar-refractivity contribution in [2.75, 3.05) is 11.9 Å². The molecule has 4 aromatic carbocycles. The lowest BCUT2D eigenvalue weighted by Gasteiger charge is -2.21. The number of hydrogen-bond donors (Lipinski definition) is 6. The van der Waals surface area contributed by atoms with Crippen LogP contribution in [0.5, 0.6) is 23.0 Å². The minimum Gasteiger partial charge on any atom is -0.508 e. The van der Waals surface area contributed by atoms with Gasteiger partial charge in [0.05, 0.1) is 15.7 Å². The van der Waals surface area contributed by atoms with E-state index in [-0.39, 0.29) is 39.1 Å². The molecule has 0 saturated heterocycles. The molecule has 2 amide bonds. The van der Waals surface area contributed by atoms with Crippen LogP contribution in [0, 0.1) is 0 Å². The van der Waals surface area contributed by atoms with Gasteiger partial charge in [-0.3, -0.25) is 0 Å². The third kappa shape index (κ3) is 5.53. The number of phenols is 4. The number of amides is 2. The molecule has 0 atom stereocenters.